The molecule has 5 nitrogen and oxygen atoms in total. The lowest BCUT2D eigenvalue weighted by Crippen LogP contribution is -2.04. The molecule has 2 aromatic rings. The molecule has 0 saturated carbocycles. The van der Waals surface area contributed by atoms with Crippen LogP contribution in [0.1, 0.15) is 18.5 Å². The van der Waals surface area contributed by atoms with Gasteiger partial charge in [-0.3, -0.25) is 10.1 Å². The minimum atomic E-state index is -0.462. The second-order valence-electron chi connectivity index (χ2n) is 4.46. The Bertz CT molecular complexity index is 649. The first-order chi connectivity index (χ1) is 9.88. The summed E-state index contributed by atoms with van der Waals surface area (Å²) in [5.41, 5.74) is 6.77. The van der Waals surface area contributed by atoms with Crippen LogP contribution in [0.5, 0.6) is 11.5 Å². The van der Waals surface area contributed by atoms with Crippen LogP contribution in [-0.2, 0) is 0 Å². The summed E-state index contributed by atoms with van der Waals surface area (Å²) in [6, 6.07) is 10.1. The van der Waals surface area contributed by atoms with E-state index in [1.54, 1.807) is 12.1 Å². The third kappa shape index (κ3) is 3.81. The summed E-state index contributed by atoms with van der Waals surface area (Å²) < 4.78 is 6.75. The van der Waals surface area contributed by atoms with Gasteiger partial charge in [0, 0.05) is 18.2 Å². The number of hydrogen-bond acceptors (Lipinski definition) is 4. The Labute approximate surface area is 138 Å². The van der Waals surface area contributed by atoms with Gasteiger partial charge in [-0.05, 0) is 56.5 Å². The molecule has 0 unspecified atom stereocenters. The predicted molar refractivity (Wildman–Crippen MR) is 87.6 cm³/mol. The molecule has 110 valence electrons. The van der Waals surface area contributed by atoms with E-state index in [1.807, 2.05) is 19.1 Å². The number of non-ortho nitro benzene ring substituents is 1. The number of nitro benzene ring substituents is 1. The van der Waals surface area contributed by atoms with E-state index in [1.165, 1.54) is 12.1 Å². The van der Waals surface area contributed by atoms with Crippen LogP contribution in [0.25, 0.3) is 0 Å². The maximum Gasteiger partial charge on any atom is 0.271 e. The van der Waals surface area contributed by atoms with Crippen LogP contribution in [0.4, 0.5) is 5.69 Å². The molecule has 0 aromatic heterocycles. The van der Waals surface area contributed by atoms with Crippen molar-refractivity contribution < 1.29 is 9.66 Å². The molecule has 0 amide bonds. The van der Waals surface area contributed by atoms with Crippen LogP contribution in [0.2, 0.25) is 0 Å². The fraction of sp³-hybridized carbons (Fsp3) is 0.143. The quantitative estimate of drug-likeness (QED) is 0.567. The molecule has 0 heterocycles. The van der Waals surface area contributed by atoms with Gasteiger partial charge in [0.15, 0.2) is 5.75 Å². The second-order valence-corrected chi connectivity index (χ2v) is 6.16. The smallest absolute Gasteiger partial charge is 0.271 e. The number of hydrogen-bond donors (Lipinski definition) is 1. The molecule has 0 radical (unpaired) electrons. The Morgan fingerprint density at radius 1 is 1.19 bits per heavy atom. The number of rotatable bonds is 4. The topological polar surface area (TPSA) is 78.4 Å². The van der Waals surface area contributed by atoms with Crippen molar-refractivity contribution in [2.24, 2.45) is 5.73 Å². The van der Waals surface area contributed by atoms with Gasteiger partial charge in [0.1, 0.15) is 5.75 Å². The number of halogens is 2. The average Bonchev–Trinajstić information content (AvgIpc) is 2.43. The molecular weight excluding hydrogens is 404 g/mol. The molecule has 0 aliphatic carbocycles. The van der Waals surface area contributed by atoms with E-state index in [0.29, 0.717) is 20.4 Å². The van der Waals surface area contributed by atoms with Crippen molar-refractivity contribution in [2.45, 2.75) is 13.0 Å². The maximum absolute atomic E-state index is 10.8. The summed E-state index contributed by atoms with van der Waals surface area (Å²) in [5.74, 6) is 1.10. The third-order valence-electron chi connectivity index (χ3n) is 2.82. The summed E-state index contributed by atoms with van der Waals surface area (Å²) in [5, 5.41) is 10.8. The molecule has 2 N–H and O–H groups in total. The highest BCUT2D eigenvalue weighted by Crippen LogP contribution is 2.39. The summed E-state index contributed by atoms with van der Waals surface area (Å²) in [6.07, 6.45) is 0. The highest BCUT2D eigenvalue weighted by molar-refractivity contribution is 9.11. The largest absolute Gasteiger partial charge is 0.455 e. The first kappa shape index (κ1) is 15.9. The number of nitrogens with two attached hydrogens (primary N) is 1. The number of benzene rings is 2. The van der Waals surface area contributed by atoms with Gasteiger partial charge in [0.25, 0.3) is 5.69 Å². The van der Waals surface area contributed by atoms with Crippen molar-refractivity contribution in [1.82, 2.24) is 0 Å². The molecule has 2 rings (SSSR count). The van der Waals surface area contributed by atoms with E-state index in [-0.39, 0.29) is 11.7 Å². The van der Waals surface area contributed by atoms with Crippen molar-refractivity contribution in [3.63, 3.8) is 0 Å². The zero-order valence-corrected chi connectivity index (χ0v) is 14.2. The summed E-state index contributed by atoms with van der Waals surface area (Å²) in [4.78, 5) is 10.3. The molecule has 0 spiro atoms. The number of nitrogens with zero attached hydrogens (tertiary/aromatic N) is 1. The monoisotopic (exact) mass is 414 g/mol. The minimum absolute atomic E-state index is 0.0200. The molecule has 2 aromatic carbocycles. The third-order valence-corrected chi connectivity index (χ3v) is 4.00. The zero-order valence-electron chi connectivity index (χ0n) is 11.0. The van der Waals surface area contributed by atoms with Crippen LogP contribution in [-0.4, -0.2) is 4.92 Å². The molecule has 0 fully saturated rings. The zero-order chi connectivity index (χ0) is 15.6. The van der Waals surface area contributed by atoms with Gasteiger partial charge in [-0.2, -0.15) is 0 Å². The van der Waals surface area contributed by atoms with Gasteiger partial charge in [-0.15, -0.1) is 0 Å². The standard InChI is InChI=1S/C14H12Br2N2O3/c1-8(17)9-2-4-11(5-3-9)21-14-12(15)6-10(18(19)20)7-13(14)16/h2-8H,17H2,1H3/t8-/m0/s1. The van der Waals surface area contributed by atoms with Crippen molar-refractivity contribution in [3.8, 4) is 11.5 Å². The second kappa shape index (κ2) is 6.55. The Hall–Kier alpha value is -1.44. The van der Waals surface area contributed by atoms with Crippen LogP contribution >= 0.6 is 31.9 Å². The molecule has 21 heavy (non-hydrogen) atoms. The molecule has 7 heteroatoms. The summed E-state index contributed by atoms with van der Waals surface area (Å²) >= 11 is 6.56. The Kier molecular flexibility index (Phi) is 4.97. The lowest BCUT2D eigenvalue weighted by atomic mass is 10.1. The molecule has 0 aliphatic heterocycles. The van der Waals surface area contributed by atoms with Crippen LogP contribution < -0.4 is 10.5 Å². The lowest BCUT2D eigenvalue weighted by Gasteiger charge is -2.11. The van der Waals surface area contributed by atoms with Crippen molar-refractivity contribution >= 4 is 37.5 Å². The van der Waals surface area contributed by atoms with Gasteiger partial charge >= 0.3 is 0 Å². The van der Waals surface area contributed by atoms with Crippen LogP contribution in [0.3, 0.4) is 0 Å². The van der Waals surface area contributed by atoms with Gasteiger partial charge in [0.2, 0.25) is 0 Å². The predicted octanol–water partition coefficient (Wildman–Crippen LogP) is 4.93. The molecule has 0 bridgehead atoms. The molecule has 0 saturated heterocycles. The summed E-state index contributed by atoms with van der Waals surface area (Å²) in [7, 11) is 0. The van der Waals surface area contributed by atoms with Gasteiger partial charge in [-0.1, -0.05) is 12.1 Å². The van der Waals surface area contributed by atoms with Crippen molar-refractivity contribution in [3.05, 3.63) is 61.0 Å². The fourth-order valence-electron chi connectivity index (χ4n) is 1.71. The van der Waals surface area contributed by atoms with Crippen molar-refractivity contribution in [1.29, 1.82) is 0 Å². The van der Waals surface area contributed by atoms with E-state index in [2.05, 4.69) is 31.9 Å². The Morgan fingerprint density at radius 2 is 1.71 bits per heavy atom. The average molecular weight is 416 g/mol. The van der Waals surface area contributed by atoms with E-state index in [9.17, 15) is 10.1 Å². The minimum Gasteiger partial charge on any atom is -0.455 e. The van der Waals surface area contributed by atoms with Gasteiger partial charge in [-0.25, -0.2) is 0 Å². The number of ether oxygens (including phenoxy) is 1. The van der Waals surface area contributed by atoms with E-state index in [4.69, 9.17) is 10.5 Å². The first-order valence-electron chi connectivity index (χ1n) is 6.05. The van der Waals surface area contributed by atoms with Crippen molar-refractivity contribution in [2.75, 3.05) is 0 Å². The normalized spacial score (nSPS) is 12.0. The van der Waals surface area contributed by atoms with Gasteiger partial charge in [0.05, 0.1) is 13.9 Å². The van der Waals surface area contributed by atoms with Crippen LogP contribution in [0.15, 0.2) is 45.3 Å². The van der Waals surface area contributed by atoms with E-state index < -0.39 is 4.92 Å². The highest BCUT2D eigenvalue weighted by Gasteiger charge is 2.15. The Balaban J connectivity index is 2.29. The van der Waals surface area contributed by atoms with Gasteiger partial charge < -0.3 is 10.5 Å². The fourth-order valence-corrected chi connectivity index (χ4v) is 3.03. The van der Waals surface area contributed by atoms with Crippen LogP contribution in [0, 0.1) is 10.1 Å². The number of nitro groups is 1. The Morgan fingerprint density at radius 3 is 2.14 bits per heavy atom. The highest BCUT2D eigenvalue weighted by atomic mass is 79.9. The summed E-state index contributed by atoms with van der Waals surface area (Å²) in [6.45, 7) is 1.90. The van der Waals surface area contributed by atoms with E-state index >= 15 is 0 Å². The lowest BCUT2D eigenvalue weighted by molar-refractivity contribution is -0.385. The first-order valence-corrected chi connectivity index (χ1v) is 7.64. The molecule has 1 atom stereocenters. The molecule has 0 aliphatic rings. The maximum atomic E-state index is 10.8. The molecular formula is C14H12Br2N2O3. The van der Waals surface area contributed by atoms with E-state index in [0.717, 1.165) is 5.56 Å². The SMILES string of the molecule is C[C@H](N)c1ccc(Oc2c(Br)cc([N+](=O)[O-])cc2Br)cc1.